The summed E-state index contributed by atoms with van der Waals surface area (Å²) in [6.07, 6.45) is 11.2. The first-order valence-corrected chi connectivity index (χ1v) is 7.21. The lowest BCUT2D eigenvalue weighted by Crippen LogP contribution is -2.54. The Bertz CT molecular complexity index is 369. The van der Waals surface area contributed by atoms with Crippen molar-refractivity contribution in [2.45, 2.75) is 59.6 Å². The van der Waals surface area contributed by atoms with E-state index in [1.54, 1.807) is 0 Å². The SMILES string of the molecule is C=CN(/C=C\C)C1(C)C=COC1C(C)(C)C(C)CC. The molecule has 3 unspecified atom stereocenters. The predicted molar refractivity (Wildman–Crippen MR) is 82.5 cm³/mol. The molecule has 0 saturated carbocycles. The van der Waals surface area contributed by atoms with Gasteiger partial charge in [-0.3, -0.25) is 0 Å². The van der Waals surface area contributed by atoms with Crippen LogP contribution in [0.5, 0.6) is 0 Å². The zero-order valence-corrected chi connectivity index (χ0v) is 13.3. The van der Waals surface area contributed by atoms with Crippen LogP contribution in [0.4, 0.5) is 0 Å². The molecule has 0 fully saturated rings. The third kappa shape index (κ3) is 2.72. The molecular weight excluding hydrogens is 234 g/mol. The van der Waals surface area contributed by atoms with Crippen LogP contribution in [0, 0.1) is 11.3 Å². The van der Waals surface area contributed by atoms with Crippen LogP contribution in [0.2, 0.25) is 0 Å². The molecule has 0 saturated heterocycles. The van der Waals surface area contributed by atoms with Crippen molar-refractivity contribution in [2.75, 3.05) is 0 Å². The van der Waals surface area contributed by atoms with Crippen LogP contribution in [0.25, 0.3) is 0 Å². The van der Waals surface area contributed by atoms with Crippen LogP contribution in [0.15, 0.2) is 37.4 Å². The number of nitrogens with zero attached hydrogens (tertiary/aromatic N) is 1. The first-order chi connectivity index (χ1) is 8.84. The predicted octanol–water partition coefficient (Wildman–Crippen LogP) is 4.71. The summed E-state index contributed by atoms with van der Waals surface area (Å²) in [5, 5.41) is 0. The Morgan fingerprint density at radius 1 is 1.53 bits per heavy atom. The molecule has 0 amide bonds. The van der Waals surface area contributed by atoms with Crippen LogP contribution in [0.3, 0.4) is 0 Å². The van der Waals surface area contributed by atoms with E-state index in [2.05, 4.69) is 58.4 Å². The maximum atomic E-state index is 5.98. The fraction of sp³-hybridized carbons (Fsp3) is 0.647. The Kier molecular flexibility index (Phi) is 4.89. The van der Waals surface area contributed by atoms with Gasteiger partial charge in [0, 0.05) is 11.6 Å². The summed E-state index contributed by atoms with van der Waals surface area (Å²) in [6, 6.07) is 0. The lowest BCUT2D eigenvalue weighted by Gasteiger charge is -2.47. The van der Waals surface area contributed by atoms with Gasteiger partial charge in [-0.25, -0.2) is 0 Å². The van der Waals surface area contributed by atoms with E-state index >= 15 is 0 Å². The van der Waals surface area contributed by atoms with Crippen molar-refractivity contribution < 1.29 is 4.74 Å². The van der Waals surface area contributed by atoms with E-state index in [1.807, 2.05) is 25.5 Å². The molecule has 0 aromatic rings. The molecular formula is C17H29NO. The van der Waals surface area contributed by atoms with Gasteiger partial charge in [0.2, 0.25) is 0 Å². The van der Waals surface area contributed by atoms with Crippen molar-refractivity contribution in [2.24, 2.45) is 11.3 Å². The second-order valence-corrected chi connectivity index (χ2v) is 6.25. The molecule has 0 radical (unpaired) electrons. The minimum atomic E-state index is -0.179. The highest BCUT2D eigenvalue weighted by atomic mass is 16.5. The van der Waals surface area contributed by atoms with Crippen LogP contribution in [-0.2, 0) is 4.74 Å². The van der Waals surface area contributed by atoms with Gasteiger partial charge in [-0.2, -0.15) is 0 Å². The number of hydrogen-bond donors (Lipinski definition) is 0. The molecule has 2 heteroatoms. The monoisotopic (exact) mass is 263 g/mol. The van der Waals surface area contributed by atoms with Crippen molar-refractivity contribution in [1.29, 1.82) is 0 Å². The second-order valence-electron chi connectivity index (χ2n) is 6.25. The lowest BCUT2D eigenvalue weighted by atomic mass is 9.68. The first-order valence-electron chi connectivity index (χ1n) is 7.21. The molecule has 108 valence electrons. The van der Waals surface area contributed by atoms with Crippen LogP contribution >= 0.6 is 0 Å². The second kappa shape index (κ2) is 5.85. The average molecular weight is 263 g/mol. The Hall–Kier alpha value is -1.18. The number of hydrogen-bond acceptors (Lipinski definition) is 2. The van der Waals surface area contributed by atoms with Gasteiger partial charge in [-0.1, -0.05) is 46.8 Å². The maximum Gasteiger partial charge on any atom is 0.130 e. The van der Waals surface area contributed by atoms with E-state index in [-0.39, 0.29) is 17.1 Å². The molecule has 0 aliphatic carbocycles. The highest BCUT2D eigenvalue weighted by Crippen LogP contribution is 2.45. The summed E-state index contributed by atoms with van der Waals surface area (Å²) in [6.45, 7) is 17.3. The molecule has 3 atom stereocenters. The molecule has 19 heavy (non-hydrogen) atoms. The number of ether oxygens (including phenoxy) is 1. The zero-order valence-electron chi connectivity index (χ0n) is 13.3. The smallest absolute Gasteiger partial charge is 0.130 e. The zero-order chi connectivity index (χ0) is 14.7. The topological polar surface area (TPSA) is 12.5 Å². The van der Waals surface area contributed by atoms with Gasteiger partial charge in [0.15, 0.2) is 0 Å². The minimum absolute atomic E-state index is 0.0931. The summed E-state index contributed by atoms with van der Waals surface area (Å²) in [5.41, 5.74) is -0.0863. The molecule has 0 aromatic carbocycles. The molecule has 1 rings (SSSR count). The fourth-order valence-electron chi connectivity index (χ4n) is 2.99. The van der Waals surface area contributed by atoms with E-state index < -0.39 is 0 Å². The van der Waals surface area contributed by atoms with Crippen molar-refractivity contribution in [3.63, 3.8) is 0 Å². The van der Waals surface area contributed by atoms with Gasteiger partial charge in [0.1, 0.15) is 6.10 Å². The van der Waals surface area contributed by atoms with E-state index in [4.69, 9.17) is 4.74 Å². The van der Waals surface area contributed by atoms with Crippen molar-refractivity contribution in [3.05, 3.63) is 37.4 Å². The molecule has 1 aliphatic heterocycles. The average Bonchev–Trinajstić information content (AvgIpc) is 2.78. The van der Waals surface area contributed by atoms with Crippen molar-refractivity contribution in [3.8, 4) is 0 Å². The van der Waals surface area contributed by atoms with Crippen LogP contribution in [-0.4, -0.2) is 16.5 Å². The lowest BCUT2D eigenvalue weighted by molar-refractivity contribution is -0.0448. The molecule has 0 N–H and O–H groups in total. The van der Waals surface area contributed by atoms with Gasteiger partial charge in [0.25, 0.3) is 0 Å². The summed E-state index contributed by atoms with van der Waals surface area (Å²) < 4.78 is 5.98. The van der Waals surface area contributed by atoms with Gasteiger partial charge in [-0.15, -0.1) is 0 Å². The van der Waals surface area contributed by atoms with Crippen molar-refractivity contribution >= 4 is 0 Å². The van der Waals surface area contributed by atoms with Gasteiger partial charge < -0.3 is 9.64 Å². The maximum absolute atomic E-state index is 5.98. The Labute approximate surface area is 118 Å². The Morgan fingerprint density at radius 3 is 2.63 bits per heavy atom. The summed E-state index contributed by atoms with van der Waals surface area (Å²) >= 11 is 0. The van der Waals surface area contributed by atoms with Gasteiger partial charge in [-0.05, 0) is 32.0 Å². The first kappa shape index (κ1) is 15.9. The van der Waals surface area contributed by atoms with Gasteiger partial charge >= 0.3 is 0 Å². The van der Waals surface area contributed by atoms with E-state index in [9.17, 15) is 0 Å². The standard InChI is InChI=1S/C17H29NO/c1-8-12-18(10-3)17(7)11-13-19-15(17)16(5,6)14(4)9-2/h8,10-15H,3,9H2,1-2,4-7H3/b12-8-. The molecule has 0 bridgehead atoms. The summed E-state index contributed by atoms with van der Waals surface area (Å²) in [5.74, 6) is 0.592. The largest absolute Gasteiger partial charge is 0.495 e. The van der Waals surface area contributed by atoms with E-state index in [1.165, 1.54) is 0 Å². The normalized spacial score (nSPS) is 28.4. The quantitative estimate of drug-likeness (QED) is 0.688. The van der Waals surface area contributed by atoms with Crippen LogP contribution in [0.1, 0.15) is 48.0 Å². The molecule has 0 spiro atoms. The molecule has 1 aliphatic rings. The molecule has 1 heterocycles. The summed E-state index contributed by atoms with van der Waals surface area (Å²) in [4.78, 5) is 2.14. The molecule has 2 nitrogen and oxygen atoms in total. The number of rotatable bonds is 6. The van der Waals surface area contributed by atoms with Crippen molar-refractivity contribution in [1.82, 2.24) is 4.90 Å². The number of allylic oxidation sites excluding steroid dienone is 1. The Balaban J connectivity index is 3.12. The van der Waals surface area contributed by atoms with Gasteiger partial charge in [0.05, 0.1) is 11.8 Å². The minimum Gasteiger partial charge on any atom is -0.495 e. The van der Waals surface area contributed by atoms with E-state index in [0.717, 1.165) is 6.42 Å². The van der Waals surface area contributed by atoms with E-state index in [0.29, 0.717) is 5.92 Å². The fourth-order valence-corrected chi connectivity index (χ4v) is 2.99. The van der Waals surface area contributed by atoms with Crippen LogP contribution < -0.4 is 0 Å². The summed E-state index contributed by atoms with van der Waals surface area (Å²) in [7, 11) is 0. The highest BCUT2D eigenvalue weighted by Gasteiger charge is 2.50. The highest BCUT2D eigenvalue weighted by molar-refractivity contribution is 5.20. The third-order valence-corrected chi connectivity index (χ3v) is 4.77. The third-order valence-electron chi connectivity index (χ3n) is 4.77. The molecule has 0 aromatic heterocycles. The Morgan fingerprint density at radius 2 is 2.16 bits per heavy atom.